The first kappa shape index (κ1) is 11.9. The molecule has 15 heavy (non-hydrogen) atoms. The average Bonchev–Trinajstić information content (AvgIpc) is 2.47. The molecule has 1 unspecified atom stereocenters. The van der Waals surface area contributed by atoms with E-state index in [9.17, 15) is 4.79 Å². The summed E-state index contributed by atoms with van der Waals surface area (Å²) in [5.74, 6) is 0.0188. The Kier molecular flexibility index (Phi) is 3.58. The van der Waals surface area contributed by atoms with Gasteiger partial charge in [0.25, 0.3) is 0 Å². The minimum Gasteiger partial charge on any atom is -0.399 e. The number of nitrogen functional groups attached to an aromatic ring is 1. The van der Waals surface area contributed by atoms with E-state index in [2.05, 4.69) is 5.32 Å². The quantitative estimate of drug-likeness (QED) is 0.718. The molecular formula is C11H15ClN2O. The van der Waals surface area contributed by atoms with Crippen LogP contribution in [0.3, 0.4) is 0 Å². The first-order chi connectivity index (χ1) is 6.66. The molecule has 1 aliphatic carbocycles. The van der Waals surface area contributed by atoms with Gasteiger partial charge in [-0.3, -0.25) is 4.79 Å². The Hall–Kier alpha value is -1.22. The van der Waals surface area contributed by atoms with E-state index in [-0.39, 0.29) is 24.4 Å². The number of carbonyl (C=O) groups is 1. The van der Waals surface area contributed by atoms with Crippen LogP contribution < -0.4 is 11.1 Å². The summed E-state index contributed by atoms with van der Waals surface area (Å²) in [6.07, 6.45) is 2.01. The third-order valence-electron chi connectivity index (χ3n) is 2.63. The van der Waals surface area contributed by atoms with Gasteiger partial charge in [0.1, 0.15) is 0 Å². The van der Waals surface area contributed by atoms with Gasteiger partial charge in [-0.15, -0.1) is 12.4 Å². The van der Waals surface area contributed by atoms with Gasteiger partial charge in [-0.25, -0.2) is 0 Å². The molecular weight excluding hydrogens is 212 g/mol. The molecule has 1 amide bonds. The molecule has 0 heterocycles. The van der Waals surface area contributed by atoms with Crippen LogP contribution in [0.25, 0.3) is 0 Å². The van der Waals surface area contributed by atoms with Crippen molar-refractivity contribution < 1.29 is 4.79 Å². The summed E-state index contributed by atoms with van der Waals surface area (Å²) in [5, 5.41) is 2.93. The molecule has 1 aromatic rings. The second-order valence-electron chi connectivity index (χ2n) is 3.75. The Labute approximate surface area is 95.5 Å². The van der Waals surface area contributed by atoms with Gasteiger partial charge in [0.15, 0.2) is 0 Å². The molecule has 0 saturated heterocycles. The summed E-state index contributed by atoms with van der Waals surface area (Å²) in [5.41, 5.74) is 8.96. The van der Waals surface area contributed by atoms with Gasteiger partial charge in [0.05, 0.1) is 6.04 Å². The Balaban J connectivity index is 0.00000112. The fourth-order valence-corrected chi connectivity index (χ4v) is 2.02. The fraction of sp³-hybridized carbons (Fsp3) is 0.364. The van der Waals surface area contributed by atoms with Crippen LogP contribution in [0.5, 0.6) is 0 Å². The Bertz CT molecular complexity index is 379. The molecule has 1 aromatic carbocycles. The molecule has 0 spiro atoms. The lowest BCUT2D eigenvalue weighted by molar-refractivity contribution is -0.119. The Morgan fingerprint density at radius 3 is 2.93 bits per heavy atom. The number of fused-ring (bicyclic) bond motifs is 1. The molecule has 1 atom stereocenters. The number of carbonyl (C=O) groups excluding carboxylic acids is 1. The minimum atomic E-state index is 0. The third-order valence-corrected chi connectivity index (χ3v) is 2.63. The largest absolute Gasteiger partial charge is 0.399 e. The van der Waals surface area contributed by atoms with Gasteiger partial charge in [0.2, 0.25) is 5.91 Å². The standard InChI is InChI=1S/C11H14N2O.ClH/c1-7(14)13-11-5-3-8-2-4-9(12)6-10(8)11;/h2,4,6,11H,3,5,12H2,1H3,(H,13,14);1H. The molecule has 3 nitrogen and oxygen atoms in total. The lowest BCUT2D eigenvalue weighted by Gasteiger charge is -2.12. The highest BCUT2D eigenvalue weighted by molar-refractivity contribution is 5.85. The van der Waals surface area contributed by atoms with E-state index >= 15 is 0 Å². The molecule has 0 aliphatic heterocycles. The predicted octanol–water partition coefficient (Wildman–Crippen LogP) is 1.81. The number of amides is 1. The highest BCUT2D eigenvalue weighted by Crippen LogP contribution is 2.32. The summed E-state index contributed by atoms with van der Waals surface area (Å²) < 4.78 is 0. The Morgan fingerprint density at radius 1 is 1.53 bits per heavy atom. The van der Waals surface area contributed by atoms with Crippen LogP contribution in [-0.2, 0) is 11.2 Å². The molecule has 0 saturated carbocycles. The van der Waals surface area contributed by atoms with Crippen molar-refractivity contribution in [2.45, 2.75) is 25.8 Å². The van der Waals surface area contributed by atoms with E-state index < -0.39 is 0 Å². The summed E-state index contributed by atoms with van der Waals surface area (Å²) in [6, 6.07) is 6.08. The number of rotatable bonds is 1. The topological polar surface area (TPSA) is 55.1 Å². The van der Waals surface area contributed by atoms with E-state index in [1.807, 2.05) is 18.2 Å². The molecule has 0 aromatic heterocycles. The first-order valence-electron chi connectivity index (χ1n) is 4.82. The zero-order chi connectivity index (χ0) is 10.1. The monoisotopic (exact) mass is 226 g/mol. The van der Waals surface area contributed by atoms with E-state index in [1.54, 1.807) is 6.92 Å². The van der Waals surface area contributed by atoms with E-state index in [0.717, 1.165) is 18.5 Å². The zero-order valence-corrected chi connectivity index (χ0v) is 9.43. The van der Waals surface area contributed by atoms with Gasteiger partial charge >= 0.3 is 0 Å². The summed E-state index contributed by atoms with van der Waals surface area (Å²) in [7, 11) is 0. The fourth-order valence-electron chi connectivity index (χ4n) is 2.02. The molecule has 82 valence electrons. The van der Waals surface area contributed by atoms with Crippen molar-refractivity contribution >= 4 is 24.0 Å². The minimum absolute atomic E-state index is 0. The molecule has 0 radical (unpaired) electrons. The number of anilines is 1. The summed E-state index contributed by atoms with van der Waals surface area (Å²) in [6.45, 7) is 1.55. The summed E-state index contributed by atoms with van der Waals surface area (Å²) in [4.78, 5) is 11.0. The van der Waals surface area contributed by atoms with Crippen LogP contribution in [0.2, 0.25) is 0 Å². The van der Waals surface area contributed by atoms with Crippen LogP contribution in [0.1, 0.15) is 30.5 Å². The molecule has 0 bridgehead atoms. The van der Waals surface area contributed by atoms with Crippen molar-refractivity contribution in [1.29, 1.82) is 0 Å². The van der Waals surface area contributed by atoms with Gasteiger partial charge in [-0.2, -0.15) is 0 Å². The van der Waals surface area contributed by atoms with E-state index in [4.69, 9.17) is 5.73 Å². The van der Waals surface area contributed by atoms with Crippen molar-refractivity contribution in [3.8, 4) is 0 Å². The van der Waals surface area contributed by atoms with Gasteiger partial charge in [-0.05, 0) is 36.1 Å². The molecule has 1 aliphatic rings. The third kappa shape index (κ3) is 2.42. The average molecular weight is 227 g/mol. The maximum Gasteiger partial charge on any atom is 0.217 e. The lowest BCUT2D eigenvalue weighted by Crippen LogP contribution is -2.24. The maximum absolute atomic E-state index is 11.0. The first-order valence-corrected chi connectivity index (χ1v) is 4.82. The van der Waals surface area contributed by atoms with Gasteiger partial charge < -0.3 is 11.1 Å². The van der Waals surface area contributed by atoms with Crippen molar-refractivity contribution in [3.63, 3.8) is 0 Å². The van der Waals surface area contributed by atoms with Crippen molar-refractivity contribution in [3.05, 3.63) is 29.3 Å². The molecule has 4 heteroatoms. The zero-order valence-electron chi connectivity index (χ0n) is 8.62. The van der Waals surface area contributed by atoms with Crippen LogP contribution in [0.15, 0.2) is 18.2 Å². The van der Waals surface area contributed by atoms with Crippen molar-refractivity contribution in [2.75, 3.05) is 5.73 Å². The highest BCUT2D eigenvalue weighted by Gasteiger charge is 2.22. The van der Waals surface area contributed by atoms with Crippen LogP contribution >= 0.6 is 12.4 Å². The number of nitrogens with two attached hydrogens (primary N) is 1. The van der Waals surface area contributed by atoms with Gasteiger partial charge in [-0.1, -0.05) is 6.07 Å². The van der Waals surface area contributed by atoms with Gasteiger partial charge in [0, 0.05) is 12.6 Å². The number of halogens is 1. The van der Waals surface area contributed by atoms with Crippen LogP contribution in [-0.4, -0.2) is 5.91 Å². The van der Waals surface area contributed by atoms with E-state index in [0.29, 0.717) is 0 Å². The number of aryl methyl sites for hydroxylation is 1. The number of benzene rings is 1. The molecule has 0 fully saturated rings. The number of hydrogen-bond donors (Lipinski definition) is 2. The number of hydrogen-bond acceptors (Lipinski definition) is 2. The summed E-state index contributed by atoms with van der Waals surface area (Å²) >= 11 is 0. The normalized spacial score (nSPS) is 17.8. The van der Waals surface area contributed by atoms with Crippen LogP contribution in [0, 0.1) is 0 Å². The predicted molar refractivity (Wildman–Crippen MR) is 63.0 cm³/mol. The molecule has 2 rings (SSSR count). The highest BCUT2D eigenvalue weighted by atomic mass is 35.5. The second-order valence-corrected chi connectivity index (χ2v) is 3.75. The Morgan fingerprint density at radius 2 is 2.27 bits per heavy atom. The SMILES string of the molecule is CC(=O)NC1CCc2ccc(N)cc21.Cl. The van der Waals surface area contributed by atoms with E-state index in [1.165, 1.54) is 11.1 Å². The number of nitrogens with one attached hydrogen (secondary N) is 1. The van der Waals surface area contributed by atoms with Crippen molar-refractivity contribution in [2.24, 2.45) is 0 Å². The maximum atomic E-state index is 11.0. The van der Waals surface area contributed by atoms with Crippen molar-refractivity contribution in [1.82, 2.24) is 5.32 Å². The molecule has 3 N–H and O–H groups in total. The smallest absolute Gasteiger partial charge is 0.217 e. The van der Waals surface area contributed by atoms with Crippen LogP contribution in [0.4, 0.5) is 5.69 Å². The lowest BCUT2D eigenvalue weighted by atomic mass is 10.1. The second kappa shape index (κ2) is 4.53.